The monoisotopic (exact) mass is 290 g/mol. The summed E-state index contributed by atoms with van der Waals surface area (Å²) in [6.45, 7) is 2.77. The molecule has 4 aliphatic rings. The second-order valence-corrected chi connectivity index (χ2v) is 7.86. The fourth-order valence-corrected chi connectivity index (χ4v) is 4.43. The molecular formula is C17H26N2O2. The van der Waals surface area contributed by atoms with Crippen molar-refractivity contribution in [3.05, 3.63) is 0 Å². The Morgan fingerprint density at radius 3 is 2.33 bits per heavy atom. The van der Waals surface area contributed by atoms with Gasteiger partial charge in [-0.3, -0.25) is 9.59 Å². The molecule has 0 aromatic heterocycles. The third kappa shape index (κ3) is 2.27. The van der Waals surface area contributed by atoms with Gasteiger partial charge < -0.3 is 10.2 Å². The Labute approximate surface area is 126 Å². The van der Waals surface area contributed by atoms with Crippen molar-refractivity contribution < 1.29 is 9.59 Å². The van der Waals surface area contributed by atoms with Crippen molar-refractivity contribution in [1.82, 2.24) is 10.2 Å². The maximum atomic E-state index is 13.1. The van der Waals surface area contributed by atoms with Crippen LogP contribution in [-0.2, 0) is 9.59 Å². The Morgan fingerprint density at radius 2 is 1.76 bits per heavy atom. The summed E-state index contributed by atoms with van der Waals surface area (Å²) in [7, 11) is 0. The first-order valence-corrected chi connectivity index (χ1v) is 8.72. The SMILES string of the molecule is CC1(C2CC2)NC(=O)C(C2CC2)N(CC2CCCC2)C1=O. The van der Waals surface area contributed by atoms with Crippen LogP contribution < -0.4 is 5.32 Å². The molecule has 1 heterocycles. The third-order valence-electron chi connectivity index (χ3n) is 6.08. The summed E-state index contributed by atoms with van der Waals surface area (Å²) < 4.78 is 0. The van der Waals surface area contributed by atoms with E-state index in [0.29, 0.717) is 17.8 Å². The standard InChI is InChI=1S/C17H26N2O2/c1-17(13-8-9-13)16(21)19(10-11-4-2-3-5-11)14(12-6-7-12)15(20)18-17/h11-14H,2-10H2,1H3,(H,18,20). The van der Waals surface area contributed by atoms with Gasteiger partial charge in [-0.2, -0.15) is 0 Å². The zero-order valence-corrected chi connectivity index (χ0v) is 12.9. The quantitative estimate of drug-likeness (QED) is 0.862. The van der Waals surface area contributed by atoms with E-state index in [2.05, 4.69) is 5.32 Å². The zero-order chi connectivity index (χ0) is 14.6. The maximum absolute atomic E-state index is 13.1. The van der Waals surface area contributed by atoms with Gasteiger partial charge in [-0.1, -0.05) is 12.8 Å². The summed E-state index contributed by atoms with van der Waals surface area (Å²) in [4.78, 5) is 27.8. The van der Waals surface area contributed by atoms with Gasteiger partial charge in [0.05, 0.1) is 0 Å². The lowest BCUT2D eigenvalue weighted by Crippen LogP contribution is -2.71. The summed E-state index contributed by atoms with van der Waals surface area (Å²) in [5, 5.41) is 3.10. The molecule has 0 radical (unpaired) electrons. The molecule has 116 valence electrons. The van der Waals surface area contributed by atoms with Crippen LogP contribution >= 0.6 is 0 Å². The van der Waals surface area contributed by atoms with Crippen LogP contribution in [0.1, 0.15) is 58.3 Å². The predicted octanol–water partition coefficient (Wildman–Crippen LogP) is 2.08. The van der Waals surface area contributed by atoms with Gasteiger partial charge in [-0.15, -0.1) is 0 Å². The van der Waals surface area contributed by atoms with Gasteiger partial charge in [0.2, 0.25) is 11.8 Å². The van der Waals surface area contributed by atoms with Crippen LogP contribution in [0.4, 0.5) is 0 Å². The molecule has 4 heteroatoms. The molecule has 2 atom stereocenters. The van der Waals surface area contributed by atoms with Crippen molar-refractivity contribution in [3.8, 4) is 0 Å². The van der Waals surface area contributed by atoms with Crippen molar-refractivity contribution in [2.45, 2.75) is 69.9 Å². The fourth-order valence-electron chi connectivity index (χ4n) is 4.43. The Kier molecular flexibility index (Phi) is 3.05. The molecule has 4 rings (SSSR count). The summed E-state index contributed by atoms with van der Waals surface area (Å²) in [5.74, 6) is 1.71. The van der Waals surface area contributed by atoms with Crippen LogP contribution in [0.3, 0.4) is 0 Å². The number of hydrogen-bond acceptors (Lipinski definition) is 2. The van der Waals surface area contributed by atoms with Crippen LogP contribution in [0.5, 0.6) is 0 Å². The van der Waals surface area contributed by atoms with E-state index < -0.39 is 5.54 Å². The molecule has 2 unspecified atom stereocenters. The van der Waals surface area contributed by atoms with Gasteiger partial charge in [0, 0.05) is 6.54 Å². The number of nitrogens with one attached hydrogen (secondary N) is 1. The molecule has 0 aromatic carbocycles. The van der Waals surface area contributed by atoms with Gasteiger partial charge in [-0.25, -0.2) is 0 Å². The molecule has 3 saturated carbocycles. The van der Waals surface area contributed by atoms with E-state index in [1.165, 1.54) is 25.7 Å². The maximum Gasteiger partial charge on any atom is 0.249 e. The van der Waals surface area contributed by atoms with Crippen molar-refractivity contribution >= 4 is 11.8 Å². The van der Waals surface area contributed by atoms with Crippen LogP contribution in [-0.4, -0.2) is 34.8 Å². The largest absolute Gasteiger partial charge is 0.340 e. The first-order valence-electron chi connectivity index (χ1n) is 8.72. The zero-order valence-electron chi connectivity index (χ0n) is 12.9. The molecular weight excluding hydrogens is 264 g/mol. The minimum absolute atomic E-state index is 0.115. The van der Waals surface area contributed by atoms with Crippen molar-refractivity contribution in [2.24, 2.45) is 17.8 Å². The lowest BCUT2D eigenvalue weighted by atomic mass is 9.87. The lowest BCUT2D eigenvalue weighted by molar-refractivity contribution is -0.157. The Hall–Kier alpha value is -1.06. The first-order chi connectivity index (χ1) is 10.1. The molecule has 1 N–H and O–H groups in total. The average molecular weight is 290 g/mol. The number of rotatable bonds is 4. The van der Waals surface area contributed by atoms with E-state index in [1.807, 2.05) is 11.8 Å². The molecule has 4 nitrogen and oxygen atoms in total. The molecule has 4 fully saturated rings. The van der Waals surface area contributed by atoms with E-state index in [0.717, 1.165) is 32.2 Å². The molecule has 3 aliphatic carbocycles. The van der Waals surface area contributed by atoms with Crippen LogP contribution in [0, 0.1) is 17.8 Å². The van der Waals surface area contributed by atoms with Crippen molar-refractivity contribution in [2.75, 3.05) is 6.54 Å². The minimum atomic E-state index is -0.624. The van der Waals surface area contributed by atoms with Gasteiger partial charge in [0.15, 0.2) is 0 Å². The van der Waals surface area contributed by atoms with Crippen LogP contribution in [0.25, 0.3) is 0 Å². The summed E-state index contributed by atoms with van der Waals surface area (Å²) in [5.41, 5.74) is -0.624. The Morgan fingerprint density at radius 1 is 1.10 bits per heavy atom. The highest BCUT2D eigenvalue weighted by molar-refractivity contribution is 6.00. The van der Waals surface area contributed by atoms with Gasteiger partial charge in [-0.05, 0) is 63.2 Å². The van der Waals surface area contributed by atoms with Gasteiger partial charge in [0.25, 0.3) is 0 Å². The molecule has 0 spiro atoms. The second-order valence-electron chi connectivity index (χ2n) is 7.86. The summed E-state index contributed by atoms with van der Waals surface area (Å²) in [6.07, 6.45) is 9.38. The van der Waals surface area contributed by atoms with Crippen LogP contribution in [0.15, 0.2) is 0 Å². The predicted molar refractivity (Wildman–Crippen MR) is 79.5 cm³/mol. The number of amides is 2. The average Bonchev–Trinajstić information content (AvgIpc) is 3.35. The van der Waals surface area contributed by atoms with E-state index in [-0.39, 0.29) is 17.9 Å². The molecule has 2 amide bonds. The number of hydrogen-bond donors (Lipinski definition) is 1. The highest BCUT2D eigenvalue weighted by Crippen LogP contribution is 2.45. The molecule has 1 saturated heterocycles. The molecule has 21 heavy (non-hydrogen) atoms. The van der Waals surface area contributed by atoms with Gasteiger partial charge in [0.1, 0.15) is 11.6 Å². The number of carbonyl (C=O) groups is 2. The highest BCUT2D eigenvalue weighted by Gasteiger charge is 2.57. The normalized spacial score (nSPS) is 38.0. The molecule has 0 bridgehead atoms. The van der Waals surface area contributed by atoms with E-state index in [9.17, 15) is 9.59 Å². The topological polar surface area (TPSA) is 49.4 Å². The first kappa shape index (κ1) is 13.6. The number of nitrogens with zero attached hydrogens (tertiary/aromatic N) is 1. The fraction of sp³-hybridized carbons (Fsp3) is 0.882. The molecule has 1 aliphatic heterocycles. The highest BCUT2D eigenvalue weighted by atomic mass is 16.2. The Bertz CT molecular complexity index is 463. The Balaban J connectivity index is 1.59. The number of piperazine rings is 1. The van der Waals surface area contributed by atoms with E-state index in [1.54, 1.807) is 0 Å². The van der Waals surface area contributed by atoms with Crippen LogP contribution in [0.2, 0.25) is 0 Å². The molecule has 0 aromatic rings. The smallest absolute Gasteiger partial charge is 0.249 e. The third-order valence-corrected chi connectivity index (χ3v) is 6.08. The number of carbonyl (C=O) groups excluding carboxylic acids is 2. The second kappa shape index (κ2) is 4.72. The summed E-state index contributed by atoms with van der Waals surface area (Å²) >= 11 is 0. The van der Waals surface area contributed by atoms with E-state index in [4.69, 9.17) is 0 Å². The summed E-state index contributed by atoms with van der Waals surface area (Å²) in [6, 6.07) is -0.176. The van der Waals surface area contributed by atoms with Gasteiger partial charge >= 0.3 is 0 Å². The lowest BCUT2D eigenvalue weighted by Gasteiger charge is -2.45. The van der Waals surface area contributed by atoms with Crippen molar-refractivity contribution in [1.29, 1.82) is 0 Å². The van der Waals surface area contributed by atoms with E-state index >= 15 is 0 Å². The minimum Gasteiger partial charge on any atom is -0.340 e. The van der Waals surface area contributed by atoms with Crippen molar-refractivity contribution in [3.63, 3.8) is 0 Å².